The predicted octanol–water partition coefficient (Wildman–Crippen LogP) is 6.05. The van der Waals surface area contributed by atoms with Gasteiger partial charge in [0.2, 0.25) is 5.79 Å². The summed E-state index contributed by atoms with van der Waals surface area (Å²) in [7, 11) is 3.09. The third kappa shape index (κ3) is 4.66. The Labute approximate surface area is 177 Å². The lowest BCUT2D eigenvalue weighted by atomic mass is 9.98. The van der Waals surface area contributed by atoms with Crippen LogP contribution < -0.4 is 4.74 Å². The maximum absolute atomic E-state index is 14.1. The van der Waals surface area contributed by atoms with Crippen LogP contribution in [0.5, 0.6) is 5.75 Å². The molecule has 0 saturated carbocycles. The zero-order chi connectivity index (χ0) is 20.9. The van der Waals surface area contributed by atoms with Crippen LogP contribution in [0.1, 0.15) is 11.1 Å². The minimum absolute atomic E-state index is 0.236. The molecule has 152 valence electrons. The Morgan fingerprint density at radius 3 is 2.21 bits per heavy atom. The molecular formula is C23H21BrF2O3. The molecule has 3 rings (SSSR count). The molecule has 0 heterocycles. The van der Waals surface area contributed by atoms with Gasteiger partial charge >= 0.3 is 0 Å². The van der Waals surface area contributed by atoms with Crippen molar-refractivity contribution in [3.05, 3.63) is 89.5 Å². The summed E-state index contributed by atoms with van der Waals surface area (Å²) in [6.07, 6.45) is 0. The molecule has 0 fully saturated rings. The topological polar surface area (TPSA) is 27.7 Å². The van der Waals surface area contributed by atoms with E-state index >= 15 is 0 Å². The first-order chi connectivity index (χ1) is 14.0. The summed E-state index contributed by atoms with van der Waals surface area (Å²) < 4.78 is 44.9. The van der Waals surface area contributed by atoms with Crippen molar-refractivity contribution in [2.24, 2.45) is 0 Å². The van der Waals surface area contributed by atoms with Gasteiger partial charge in [0.05, 0.1) is 5.33 Å². The van der Waals surface area contributed by atoms with Gasteiger partial charge in [-0.05, 0) is 23.3 Å². The van der Waals surface area contributed by atoms with E-state index < -0.39 is 17.4 Å². The number of hydrogen-bond acceptors (Lipinski definition) is 3. The monoisotopic (exact) mass is 462 g/mol. The number of benzene rings is 3. The Kier molecular flexibility index (Phi) is 7.00. The van der Waals surface area contributed by atoms with Gasteiger partial charge in [0.25, 0.3) is 0 Å². The number of hydrogen-bond donors (Lipinski definition) is 0. The molecular weight excluding hydrogens is 442 g/mol. The fraction of sp³-hybridized carbons (Fsp3) is 0.217. The molecule has 3 aromatic rings. The fourth-order valence-electron chi connectivity index (χ4n) is 3.04. The molecule has 0 bridgehead atoms. The van der Waals surface area contributed by atoms with Crippen LogP contribution in [0, 0.1) is 11.6 Å². The average molecular weight is 463 g/mol. The third-order valence-corrected chi connectivity index (χ3v) is 5.45. The van der Waals surface area contributed by atoms with E-state index in [0.717, 1.165) is 23.3 Å². The maximum Gasteiger partial charge on any atom is 0.204 e. The molecule has 0 atom stereocenters. The van der Waals surface area contributed by atoms with Crippen molar-refractivity contribution in [2.75, 3.05) is 19.5 Å². The largest absolute Gasteiger partial charge is 0.488 e. The van der Waals surface area contributed by atoms with Gasteiger partial charge in [-0.25, -0.2) is 8.78 Å². The summed E-state index contributed by atoms with van der Waals surface area (Å²) in [6, 6.07) is 19.0. The van der Waals surface area contributed by atoms with Crippen molar-refractivity contribution in [1.82, 2.24) is 0 Å². The molecule has 0 N–H and O–H groups in total. The molecule has 0 aliphatic carbocycles. The van der Waals surface area contributed by atoms with E-state index in [1.807, 2.05) is 48.5 Å². The average Bonchev–Trinajstić information content (AvgIpc) is 2.77. The summed E-state index contributed by atoms with van der Waals surface area (Å²) in [6.45, 7) is 0.236. The first kappa shape index (κ1) is 21.4. The molecule has 0 amide bonds. The number of ether oxygens (including phenoxy) is 3. The molecule has 0 aromatic heterocycles. The summed E-state index contributed by atoms with van der Waals surface area (Å²) in [4.78, 5) is 0. The van der Waals surface area contributed by atoms with Crippen LogP contribution in [0.3, 0.4) is 0 Å². The molecule has 0 unspecified atom stereocenters. The second-order valence-corrected chi connectivity index (χ2v) is 6.97. The SMILES string of the molecule is COC(CBr)(OC)c1cccc(-c2cc(F)c(F)cc2OCc2ccccc2)c1. The van der Waals surface area contributed by atoms with E-state index in [-0.39, 0.29) is 12.4 Å². The van der Waals surface area contributed by atoms with E-state index in [4.69, 9.17) is 14.2 Å². The molecule has 3 nitrogen and oxygen atoms in total. The Hall–Kier alpha value is -2.28. The summed E-state index contributed by atoms with van der Waals surface area (Å²) in [5, 5.41) is 0.394. The van der Waals surface area contributed by atoms with Gasteiger partial charge in [0, 0.05) is 31.4 Å². The zero-order valence-electron chi connectivity index (χ0n) is 16.1. The highest BCUT2D eigenvalue weighted by Gasteiger charge is 2.31. The lowest BCUT2D eigenvalue weighted by Crippen LogP contribution is -2.32. The van der Waals surface area contributed by atoms with Crippen LogP contribution >= 0.6 is 15.9 Å². The van der Waals surface area contributed by atoms with Crippen LogP contribution in [0.4, 0.5) is 8.78 Å². The van der Waals surface area contributed by atoms with E-state index in [0.29, 0.717) is 16.5 Å². The molecule has 3 aromatic carbocycles. The van der Waals surface area contributed by atoms with Crippen molar-refractivity contribution >= 4 is 15.9 Å². The molecule has 0 aliphatic heterocycles. The minimum Gasteiger partial charge on any atom is -0.488 e. The first-order valence-electron chi connectivity index (χ1n) is 8.96. The maximum atomic E-state index is 14.1. The highest BCUT2D eigenvalue weighted by Crippen LogP contribution is 2.36. The Balaban J connectivity index is 2.02. The highest BCUT2D eigenvalue weighted by atomic mass is 79.9. The summed E-state index contributed by atoms with van der Waals surface area (Å²) in [5.41, 5.74) is 2.76. The molecule has 0 spiro atoms. The number of alkyl halides is 1. The van der Waals surface area contributed by atoms with Gasteiger partial charge in [0.15, 0.2) is 11.6 Å². The van der Waals surface area contributed by atoms with Crippen LogP contribution in [0.25, 0.3) is 11.1 Å². The Morgan fingerprint density at radius 1 is 0.862 bits per heavy atom. The molecule has 0 saturated heterocycles. The standard InChI is InChI=1S/C23H21BrF2O3/c1-27-23(15-24,28-2)18-10-6-9-17(11-18)19-12-20(25)21(26)13-22(19)29-14-16-7-4-3-5-8-16/h3-13H,14-15H2,1-2H3. The Bertz CT molecular complexity index is 951. The zero-order valence-corrected chi connectivity index (χ0v) is 17.7. The van der Waals surface area contributed by atoms with Crippen LogP contribution in [-0.2, 0) is 21.9 Å². The lowest BCUT2D eigenvalue weighted by Gasteiger charge is -2.29. The molecule has 29 heavy (non-hydrogen) atoms. The second kappa shape index (κ2) is 9.48. The van der Waals surface area contributed by atoms with Gasteiger partial charge in [-0.1, -0.05) is 64.5 Å². The summed E-state index contributed by atoms with van der Waals surface area (Å²) >= 11 is 3.41. The minimum atomic E-state index is -1.00. The van der Waals surface area contributed by atoms with Crippen molar-refractivity contribution in [3.63, 3.8) is 0 Å². The van der Waals surface area contributed by atoms with E-state index in [1.165, 1.54) is 0 Å². The second-order valence-electron chi connectivity index (χ2n) is 6.41. The smallest absolute Gasteiger partial charge is 0.204 e. The van der Waals surface area contributed by atoms with Gasteiger partial charge < -0.3 is 14.2 Å². The number of halogens is 3. The van der Waals surface area contributed by atoms with Crippen molar-refractivity contribution < 1.29 is 23.0 Å². The van der Waals surface area contributed by atoms with Crippen molar-refractivity contribution in [2.45, 2.75) is 12.4 Å². The van der Waals surface area contributed by atoms with E-state index in [1.54, 1.807) is 20.3 Å². The third-order valence-electron chi connectivity index (χ3n) is 4.71. The highest BCUT2D eigenvalue weighted by molar-refractivity contribution is 9.09. The lowest BCUT2D eigenvalue weighted by molar-refractivity contribution is -0.196. The van der Waals surface area contributed by atoms with Gasteiger partial charge in [0.1, 0.15) is 12.4 Å². The molecule has 6 heteroatoms. The van der Waals surface area contributed by atoms with E-state index in [9.17, 15) is 8.78 Å². The van der Waals surface area contributed by atoms with Crippen LogP contribution in [0.2, 0.25) is 0 Å². The van der Waals surface area contributed by atoms with Crippen molar-refractivity contribution in [3.8, 4) is 16.9 Å². The molecule has 0 radical (unpaired) electrons. The first-order valence-corrected chi connectivity index (χ1v) is 10.1. The van der Waals surface area contributed by atoms with Crippen molar-refractivity contribution in [1.29, 1.82) is 0 Å². The predicted molar refractivity (Wildman–Crippen MR) is 112 cm³/mol. The van der Waals surface area contributed by atoms with Gasteiger partial charge in [-0.15, -0.1) is 0 Å². The fourth-order valence-corrected chi connectivity index (χ4v) is 3.82. The number of methoxy groups -OCH3 is 2. The molecule has 0 aliphatic rings. The number of rotatable bonds is 8. The quantitative estimate of drug-likeness (QED) is 0.301. The normalized spacial score (nSPS) is 11.5. The van der Waals surface area contributed by atoms with E-state index in [2.05, 4.69) is 15.9 Å². The van der Waals surface area contributed by atoms with Gasteiger partial charge in [-0.2, -0.15) is 0 Å². The van der Waals surface area contributed by atoms with Crippen LogP contribution in [0.15, 0.2) is 66.7 Å². The summed E-state index contributed by atoms with van der Waals surface area (Å²) in [5.74, 6) is -2.65. The Morgan fingerprint density at radius 2 is 1.55 bits per heavy atom. The van der Waals surface area contributed by atoms with Gasteiger partial charge in [-0.3, -0.25) is 0 Å². The van der Waals surface area contributed by atoms with Crippen LogP contribution in [-0.4, -0.2) is 19.5 Å².